The predicted octanol–water partition coefficient (Wildman–Crippen LogP) is 2.32. The average Bonchev–Trinajstić information content (AvgIpc) is 2.99. The number of carbonyl (C=O) groups excluding carboxylic acids is 2. The number of ether oxygens (including phenoxy) is 3. The van der Waals surface area contributed by atoms with Crippen LogP contribution in [0.3, 0.4) is 0 Å². The second-order valence-electron chi connectivity index (χ2n) is 6.84. The molecule has 2 saturated heterocycles. The molecule has 1 amide bonds. The zero-order chi connectivity index (χ0) is 17.4. The summed E-state index contributed by atoms with van der Waals surface area (Å²) in [7, 11) is 0. The fourth-order valence-electron chi connectivity index (χ4n) is 4.03. The van der Waals surface area contributed by atoms with Crippen molar-refractivity contribution in [2.45, 2.75) is 38.3 Å². The highest BCUT2D eigenvalue weighted by molar-refractivity contribution is 5.90. The maximum absolute atomic E-state index is 13.0. The summed E-state index contributed by atoms with van der Waals surface area (Å²) in [6.07, 6.45) is 2.41. The minimum absolute atomic E-state index is 0.00117. The van der Waals surface area contributed by atoms with E-state index in [2.05, 4.69) is 0 Å². The molecule has 2 atom stereocenters. The van der Waals surface area contributed by atoms with Crippen molar-refractivity contribution in [3.05, 3.63) is 29.3 Å². The number of amides is 1. The number of fused-ring (bicyclic) bond motifs is 4. The van der Waals surface area contributed by atoms with E-state index in [4.69, 9.17) is 14.2 Å². The van der Waals surface area contributed by atoms with Crippen molar-refractivity contribution in [2.24, 2.45) is 5.92 Å². The molecule has 0 aromatic heterocycles. The third kappa shape index (κ3) is 2.99. The van der Waals surface area contributed by atoms with E-state index in [1.807, 2.05) is 11.0 Å². The van der Waals surface area contributed by atoms with E-state index in [0.717, 1.165) is 24.8 Å². The van der Waals surface area contributed by atoms with E-state index in [1.165, 1.54) is 0 Å². The Balaban J connectivity index is 1.57. The van der Waals surface area contributed by atoms with Gasteiger partial charge in [-0.1, -0.05) is 6.07 Å². The molecular weight excluding hydrogens is 322 g/mol. The van der Waals surface area contributed by atoms with Crippen LogP contribution in [-0.2, 0) is 14.3 Å². The lowest BCUT2D eigenvalue weighted by atomic mass is 9.95. The molecule has 3 heterocycles. The molecule has 6 heteroatoms. The van der Waals surface area contributed by atoms with Crippen LogP contribution in [0, 0.1) is 5.92 Å². The molecule has 0 N–H and O–H groups in total. The summed E-state index contributed by atoms with van der Waals surface area (Å²) < 4.78 is 16.5. The third-order valence-corrected chi connectivity index (χ3v) is 5.29. The topological polar surface area (TPSA) is 65.1 Å². The molecule has 1 aromatic rings. The van der Waals surface area contributed by atoms with Gasteiger partial charge in [-0.3, -0.25) is 4.79 Å². The van der Waals surface area contributed by atoms with Crippen LogP contribution in [0.5, 0.6) is 5.75 Å². The highest BCUT2D eigenvalue weighted by atomic mass is 16.5. The summed E-state index contributed by atoms with van der Waals surface area (Å²) >= 11 is 0. The molecule has 0 radical (unpaired) electrons. The molecule has 0 saturated carbocycles. The van der Waals surface area contributed by atoms with Gasteiger partial charge in [0.15, 0.2) is 0 Å². The summed E-state index contributed by atoms with van der Waals surface area (Å²) in [6.45, 7) is 4.06. The van der Waals surface area contributed by atoms with Crippen molar-refractivity contribution < 1.29 is 23.8 Å². The van der Waals surface area contributed by atoms with Crippen molar-refractivity contribution >= 4 is 11.9 Å². The van der Waals surface area contributed by atoms with E-state index in [9.17, 15) is 9.59 Å². The van der Waals surface area contributed by atoms with Gasteiger partial charge in [0.05, 0.1) is 24.8 Å². The van der Waals surface area contributed by atoms with Crippen molar-refractivity contribution in [1.29, 1.82) is 0 Å². The van der Waals surface area contributed by atoms with Gasteiger partial charge in [0.1, 0.15) is 11.9 Å². The first-order valence-corrected chi connectivity index (χ1v) is 9.03. The maximum Gasteiger partial charge on any atom is 0.338 e. The Labute approximate surface area is 147 Å². The quantitative estimate of drug-likeness (QED) is 0.787. The first-order chi connectivity index (χ1) is 12.2. The molecule has 6 nitrogen and oxygen atoms in total. The number of nitrogens with zero attached hydrogens (tertiary/aromatic N) is 1. The van der Waals surface area contributed by atoms with Crippen molar-refractivity contribution in [3.63, 3.8) is 0 Å². The van der Waals surface area contributed by atoms with Crippen LogP contribution in [0.1, 0.15) is 48.1 Å². The standard InChI is InChI=1S/C19H23NO5/c1-2-24-19(22)13-3-4-15-16-10-14(25-17(15)9-13)11-20(16)18(21)12-5-7-23-8-6-12/h3-4,9,12,14,16H,2,5-8,10-11H2,1H3/t14?,16-/m1/s1. The van der Waals surface area contributed by atoms with Crippen LogP contribution < -0.4 is 4.74 Å². The first kappa shape index (κ1) is 16.4. The van der Waals surface area contributed by atoms with Crippen LogP contribution >= 0.6 is 0 Å². The molecule has 25 heavy (non-hydrogen) atoms. The highest BCUT2D eigenvalue weighted by Gasteiger charge is 2.44. The molecule has 3 aliphatic rings. The van der Waals surface area contributed by atoms with Gasteiger partial charge < -0.3 is 19.1 Å². The fraction of sp³-hybridized carbons (Fsp3) is 0.579. The normalized spacial score (nSPS) is 25.2. The number of benzene rings is 1. The van der Waals surface area contributed by atoms with E-state index in [1.54, 1.807) is 19.1 Å². The number of esters is 1. The maximum atomic E-state index is 13.0. The van der Waals surface area contributed by atoms with Crippen LogP contribution in [0.2, 0.25) is 0 Å². The monoisotopic (exact) mass is 345 g/mol. The lowest BCUT2D eigenvalue weighted by Crippen LogP contribution is -2.38. The molecule has 134 valence electrons. The summed E-state index contributed by atoms with van der Waals surface area (Å²) in [5.74, 6) is 0.619. The second-order valence-corrected chi connectivity index (χ2v) is 6.84. The molecule has 1 aromatic carbocycles. The van der Waals surface area contributed by atoms with Crippen LogP contribution in [0.25, 0.3) is 0 Å². The molecule has 1 unspecified atom stereocenters. The van der Waals surface area contributed by atoms with Crippen LogP contribution in [0.15, 0.2) is 18.2 Å². The Morgan fingerprint density at radius 3 is 2.84 bits per heavy atom. The summed E-state index contributed by atoms with van der Waals surface area (Å²) in [5, 5.41) is 0. The second kappa shape index (κ2) is 6.67. The third-order valence-electron chi connectivity index (χ3n) is 5.29. The van der Waals surface area contributed by atoms with Gasteiger partial charge in [-0.25, -0.2) is 4.79 Å². The lowest BCUT2D eigenvalue weighted by Gasteiger charge is -2.31. The SMILES string of the molecule is CCOC(=O)c1ccc2c(c1)OC1C[C@H]2N(C(=O)C2CCOCC2)C1. The van der Waals surface area contributed by atoms with Gasteiger partial charge in [-0.05, 0) is 31.9 Å². The van der Waals surface area contributed by atoms with E-state index in [-0.39, 0.29) is 29.9 Å². The molecule has 0 aliphatic carbocycles. The predicted molar refractivity (Wildman–Crippen MR) is 89.4 cm³/mol. The highest BCUT2D eigenvalue weighted by Crippen LogP contribution is 2.44. The van der Waals surface area contributed by atoms with E-state index < -0.39 is 0 Å². The van der Waals surface area contributed by atoms with Gasteiger partial charge in [-0.15, -0.1) is 0 Å². The zero-order valence-electron chi connectivity index (χ0n) is 14.4. The lowest BCUT2D eigenvalue weighted by molar-refractivity contribution is -0.139. The molecular formula is C19H23NO5. The molecule has 2 bridgehead atoms. The minimum atomic E-state index is -0.345. The summed E-state index contributed by atoms with van der Waals surface area (Å²) in [4.78, 5) is 26.9. The average molecular weight is 345 g/mol. The van der Waals surface area contributed by atoms with Gasteiger partial charge in [-0.2, -0.15) is 0 Å². The first-order valence-electron chi connectivity index (χ1n) is 9.03. The Morgan fingerprint density at radius 2 is 2.08 bits per heavy atom. The Morgan fingerprint density at radius 1 is 1.28 bits per heavy atom. The largest absolute Gasteiger partial charge is 0.488 e. The molecule has 0 spiro atoms. The molecule has 3 aliphatic heterocycles. The van der Waals surface area contributed by atoms with Gasteiger partial charge in [0, 0.05) is 31.1 Å². The Hall–Kier alpha value is -2.08. The fourth-order valence-corrected chi connectivity index (χ4v) is 4.03. The number of rotatable bonds is 3. The van der Waals surface area contributed by atoms with Crippen molar-refractivity contribution in [3.8, 4) is 5.75 Å². The molecule has 2 fully saturated rings. The van der Waals surface area contributed by atoms with E-state index >= 15 is 0 Å². The van der Waals surface area contributed by atoms with Crippen LogP contribution in [-0.4, -0.2) is 49.2 Å². The van der Waals surface area contributed by atoms with Crippen molar-refractivity contribution in [1.82, 2.24) is 4.90 Å². The zero-order valence-corrected chi connectivity index (χ0v) is 14.4. The van der Waals surface area contributed by atoms with Gasteiger partial charge in [0.2, 0.25) is 5.91 Å². The van der Waals surface area contributed by atoms with Crippen LogP contribution in [0.4, 0.5) is 0 Å². The number of hydrogen-bond acceptors (Lipinski definition) is 5. The minimum Gasteiger partial charge on any atom is -0.488 e. The number of carbonyl (C=O) groups is 2. The van der Waals surface area contributed by atoms with E-state index in [0.29, 0.717) is 37.7 Å². The summed E-state index contributed by atoms with van der Waals surface area (Å²) in [5.41, 5.74) is 1.48. The Bertz CT molecular complexity index is 682. The molecule has 4 rings (SSSR count). The smallest absolute Gasteiger partial charge is 0.338 e. The number of likely N-dealkylation sites (tertiary alicyclic amines) is 1. The van der Waals surface area contributed by atoms with Gasteiger partial charge >= 0.3 is 5.97 Å². The van der Waals surface area contributed by atoms with Crippen molar-refractivity contribution in [2.75, 3.05) is 26.4 Å². The summed E-state index contributed by atoms with van der Waals surface area (Å²) in [6, 6.07) is 5.45. The van der Waals surface area contributed by atoms with Gasteiger partial charge in [0.25, 0.3) is 0 Å². The number of hydrogen-bond donors (Lipinski definition) is 0. The Kier molecular flexibility index (Phi) is 4.37.